The van der Waals surface area contributed by atoms with E-state index in [1.807, 2.05) is 35.2 Å². The second-order valence-corrected chi connectivity index (χ2v) is 7.23. The van der Waals surface area contributed by atoms with Gasteiger partial charge in [-0.05, 0) is 49.1 Å². The highest BCUT2D eigenvalue weighted by Gasteiger charge is 2.26. The summed E-state index contributed by atoms with van der Waals surface area (Å²) in [4.78, 5) is 15.9. The molecule has 1 saturated heterocycles. The first-order valence-corrected chi connectivity index (χ1v) is 9.54. The largest absolute Gasteiger partial charge is 0.334 e. The van der Waals surface area contributed by atoms with Crippen LogP contribution >= 0.6 is 11.8 Å². The number of nitrogens with two attached hydrogens (primary N) is 1. The minimum atomic E-state index is 0.116. The van der Waals surface area contributed by atoms with Gasteiger partial charge in [0.05, 0.1) is 0 Å². The number of carbonyl (C=O) groups excluding carboxylic acids is 1. The van der Waals surface area contributed by atoms with Crippen molar-refractivity contribution in [1.82, 2.24) is 4.90 Å². The van der Waals surface area contributed by atoms with Crippen molar-refractivity contribution in [2.24, 2.45) is 5.73 Å². The maximum absolute atomic E-state index is 12.7. The number of nitrogens with zero attached hydrogens (tertiary/aromatic N) is 1. The summed E-state index contributed by atoms with van der Waals surface area (Å²) >= 11 is 1.79. The number of piperidine rings is 1. The van der Waals surface area contributed by atoms with E-state index >= 15 is 0 Å². The molecule has 0 bridgehead atoms. The van der Waals surface area contributed by atoms with Crippen LogP contribution in [0.5, 0.6) is 0 Å². The molecule has 1 atom stereocenters. The maximum Gasteiger partial charge on any atom is 0.254 e. The van der Waals surface area contributed by atoms with E-state index in [1.165, 1.54) is 16.9 Å². The molecule has 2 aromatic rings. The van der Waals surface area contributed by atoms with Crippen molar-refractivity contribution in [3.63, 3.8) is 0 Å². The minimum Gasteiger partial charge on any atom is -0.334 e. The lowest BCUT2D eigenvalue weighted by molar-refractivity contribution is 0.0623. The zero-order valence-electron chi connectivity index (χ0n) is 13.9. The Bertz CT molecular complexity index is 657. The zero-order valence-corrected chi connectivity index (χ0v) is 14.7. The van der Waals surface area contributed by atoms with Crippen LogP contribution in [0.3, 0.4) is 0 Å². The summed E-state index contributed by atoms with van der Waals surface area (Å²) in [6.07, 6.45) is 3.27. The molecule has 4 heteroatoms. The molecule has 2 N–H and O–H groups in total. The molecule has 3 nitrogen and oxygen atoms in total. The number of hydrogen-bond acceptors (Lipinski definition) is 3. The minimum absolute atomic E-state index is 0.116. The highest BCUT2D eigenvalue weighted by atomic mass is 32.2. The molecule has 126 valence electrons. The summed E-state index contributed by atoms with van der Waals surface area (Å²) < 4.78 is 0. The lowest BCUT2D eigenvalue weighted by Crippen LogP contribution is -2.47. The summed E-state index contributed by atoms with van der Waals surface area (Å²) in [5.41, 5.74) is 7.90. The number of thioether (sulfide) groups is 1. The molecule has 0 saturated carbocycles. The Balaban J connectivity index is 1.62. The van der Waals surface area contributed by atoms with Gasteiger partial charge in [0.15, 0.2) is 0 Å². The van der Waals surface area contributed by atoms with Crippen molar-refractivity contribution in [2.45, 2.75) is 36.0 Å². The van der Waals surface area contributed by atoms with Crippen molar-refractivity contribution in [2.75, 3.05) is 13.1 Å². The average Bonchev–Trinajstić information content (AvgIpc) is 2.67. The van der Waals surface area contributed by atoms with Crippen LogP contribution in [-0.4, -0.2) is 29.9 Å². The van der Waals surface area contributed by atoms with E-state index < -0.39 is 0 Å². The molecule has 1 fully saturated rings. The number of amides is 1. The van der Waals surface area contributed by atoms with Crippen molar-refractivity contribution in [3.05, 3.63) is 65.7 Å². The zero-order chi connectivity index (χ0) is 16.8. The Kier molecular flexibility index (Phi) is 5.94. The quantitative estimate of drug-likeness (QED) is 0.839. The van der Waals surface area contributed by atoms with Crippen molar-refractivity contribution < 1.29 is 4.79 Å². The van der Waals surface area contributed by atoms with Crippen molar-refractivity contribution in [3.8, 4) is 0 Å². The van der Waals surface area contributed by atoms with Gasteiger partial charge in [0.25, 0.3) is 5.91 Å². The van der Waals surface area contributed by atoms with Gasteiger partial charge >= 0.3 is 0 Å². The summed E-state index contributed by atoms with van der Waals surface area (Å²) in [5.74, 6) is 1.06. The van der Waals surface area contributed by atoms with Gasteiger partial charge in [-0.3, -0.25) is 4.79 Å². The number of carbonyl (C=O) groups is 1. The molecular weight excluding hydrogens is 316 g/mol. The summed E-state index contributed by atoms with van der Waals surface area (Å²) in [6, 6.07) is 18.6. The van der Waals surface area contributed by atoms with E-state index in [2.05, 4.69) is 24.3 Å². The van der Waals surface area contributed by atoms with Gasteiger partial charge in [-0.25, -0.2) is 0 Å². The lowest BCUT2D eigenvalue weighted by Gasteiger charge is -2.35. The SMILES string of the molecule is NCC1CCCCN1C(=O)c1ccc(SCc2ccccc2)cc1. The molecule has 0 spiro atoms. The maximum atomic E-state index is 12.7. The van der Waals surface area contributed by atoms with Crippen LogP contribution in [0.4, 0.5) is 0 Å². The van der Waals surface area contributed by atoms with E-state index in [4.69, 9.17) is 5.73 Å². The topological polar surface area (TPSA) is 46.3 Å². The first-order valence-electron chi connectivity index (χ1n) is 8.56. The third-order valence-electron chi connectivity index (χ3n) is 4.51. The Labute approximate surface area is 148 Å². The monoisotopic (exact) mass is 340 g/mol. The smallest absolute Gasteiger partial charge is 0.254 e. The van der Waals surface area contributed by atoms with Crippen LogP contribution < -0.4 is 5.73 Å². The van der Waals surface area contributed by atoms with E-state index in [0.717, 1.165) is 30.7 Å². The molecular formula is C20H24N2OS. The molecule has 0 aliphatic carbocycles. The molecule has 1 aliphatic rings. The molecule has 0 aromatic heterocycles. The van der Waals surface area contributed by atoms with Crippen molar-refractivity contribution >= 4 is 17.7 Å². The van der Waals surface area contributed by atoms with Crippen LogP contribution in [0.1, 0.15) is 35.2 Å². The molecule has 3 rings (SSSR count). The Morgan fingerprint density at radius 3 is 2.54 bits per heavy atom. The predicted octanol–water partition coefficient (Wildman–Crippen LogP) is 3.93. The molecule has 1 aliphatic heterocycles. The molecule has 1 amide bonds. The Morgan fingerprint density at radius 2 is 1.83 bits per heavy atom. The van der Waals surface area contributed by atoms with E-state index in [9.17, 15) is 4.79 Å². The van der Waals surface area contributed by atoms with Gasteiger partial charge in [0.2, 0.25) is 0 Å². The number of likely N-dealkylation sites (tertiary alicyclic amines) is 1. The fourth-order valence-corrected chi connectivity index (χ4v) is 3.97. The van der Waals surface area contributed by atoms with Crippen LogP contribution in [0, 0.1) is 0 Å². The highest BCUT2D eigenvalue weighted by molar-refractivity contribution is 7.98. The van der Waals surface area contributed by atoms with Gasteiger partial charge in [-0.2, -0.15) is 0 Å². The standard InChI is InChI=1S/C20H24N2OS/c21-14-18-8-4-5-13-22(18)20(23)17-9-11-19(12-10-17)24-15-16-6-2-1-3-7-16/h1-3,6-7,9-12,18H,4-5,8,13-15,21H2. The normalized spacial score (nSPS) is 17.7. The number of hydrogen-bond donors (Lipinski definition) is 1. The third kappa shape index (κ3) is 4.19. The molecule has 1 unspecified atom stereocenters. The van der Waals surface area contributed by atoms with Gasteiger partial charge < -0.3 is 10.6 Å². The molecule has 24 heavy (non-hydrogen) atoms. The fourth-order valence-electron chi connectivity index (χ4n) is 3.11. The van der Waals surface area contributed by atoms with Gasteiger partial charge in [0.1, 0.15) is 0 Å². The average molecular weight is 340 g/mol. The lowest BCUT2D eigenvalue weighted by atomic mass is 10.0. The van der Waals surface area contributed by atoms with E-state index in [0.29, 0.717) is 6.54 Å². The van der Waals surface area contributed by atoms with E-state index in [-0.39, 0.29) is 11.9 Å². The van der Waals surface area contributed by atoms with Crippen LogP contribution in [0.15, 0.2) is 59.5 Å². The van der Waals surface area contributed by atoms with Gasteiger partial charge in [0, 0.05) is 35.3 Å². The number of rotatable bonds is 5. The van der Waals surface area contributed by atoms with Gasteiger partial charge in [-0.1, -0.05) is 30.3 Å². The molecule has 0 radical (unpaired) electrons. The fraction of sp³-hybridized carbons (Fsp3) is 0.350. The van der Waals surface area contributed by atoms with Crippen LogP contribution in [0.25, 0.3) is 0 Å². The van der Waals surface area contributed by atoms with Crippen molar-refractivity contribution in [1.29, 1.82) is 0 Å². The second-order valence-electron chi connectivity index (χ2n) is 6.18. The van der Waals surface area contributed by atoms with Gasteiger partial charge in [-0.15, -0.1) is 11.8 Å². The summed E-state index contributed by atoms with van der Waals surface area (Å²) in [7, 11) is 0. The van der Waals surface area contributed by atoms with E-state index in [1.54, 1.807) is 11.8 Å². The first-order chi connectivity index (χ1) is 11.8. The van der Waals surface area contributed by atoms with Crippen LogP contribution in [0.2, 0.25) is 0 Å². The Hall–Kier alpha value is -1.78. The van der Waals surface area contributed by atoms with Crippen LogP contribution in [-0.2, 0) is 5.75 Å². The second kappa shape index (κ2) is 8.36. The third-order valence-corrected chi connectivity index (χ3v) is 5.59. The highest BCUT2D eigenvalue weighted by Crippen LogP contribution is 2.24. The molecule has 2 aromatic carbocycles. The first kappa shape index (κ1) is 17.1. The summed E-state index contributed by atoms with van der Waals surface area (Å²) in [6.45, 7) is 1.38. The molecule has 1 heterocycles. The Morgan fingerprint density at radius 1 is 1.08 bits per heavy atom. The summed E-state index contributed by atoms with van der Waals surface area (Å²) in [5, 5.41) is 0. The predicted molar refractivity (Wildman–Crippen MR) is 100 cm³/mol. The number of benzene rings is 2.